The standard InChI is InChI=1S/C16H16FN3O4S/c17-6-8-5-10-9(7-24-8)18-15(21)20(10)16-19-13-12(25-16)2-1-11-14(13)23-4-3-22-11/h1-2,8-10H,3-7H2,(H,18,21)/t8-,9+,10-/m1/s1. The van der Waals surface area contributed by atoms with Crippen LogP contribution in [0.5, 0.6) is 11.5 Å². The Balaban J connectivity index is 1.54. The summed E-state index contributed by atoms with van der Waals surface area (Å²) in [6.45, 7) is 0.754. The summed E-state index contributed by atoms with van der Waals surface area (Å²) in [7, 11) is 0. The molecule has 25 heavy (non-hydrogen) atoms. The molecule has 3 aliphatic heterocycles. The molecule has 1 aromatic heterocycles. The van der Waals surface area contributed by atoms with Gasteiger partial charge in [0.2, 0.25) is 0 Å². The van der Waals surface area contributed by atoms with Crippen LogP contribution in [0.3, 0.4) is 0 Å². The van der Waals surface area contributed by atoms with E-state index in [2.05, 4.69) is 10.3 Å². The number of alkyl halides is 1. The lowest BCUT2D eigenvalue weighted by Gasteiger charge is -2.32. The third-order valence-electron chi connectivity index (χ3n) is 4.77. The van der Waals surface area contributed by atoms with E-state index in [4.69, 9.17) is 14.2 Å². The first-order valence-electron chi connectivity index (χ1n) is 8.21. The summed E-state index contributed by atoms with van der Waals surface area (Å²) >= 11 is 1.42. The van der Waals surface area contributed by atoms with Crippen LogP contribution in [-0.2, 0) is 4.74 Å². The first-order valence-corrected chi connectivity index (χ1v) is 9.02. The second-order valence-corrected chi connectivity index (χ2v) is 7.28. The molecule has 0 spiro atoms. The largest absolute Gasteiger partial charge is 0.486 e. The molecule has 1 aromatic carbocycles. The molecule has 9 heteroatoms. The van der Waals surface area contributed by atoms with E-state index in [9.17, 15) is 9.18 Å². The van der Waals surface area contributed by atoms with Crippen molar-refractivity contribution in [1.82, 2.24) is 10.3 Å². The number of hydrogen-bond acceptors (Lipinski definition) is 6. The van der Waals surface area contributed by atoms with Crippen molar-refractivity contribution in [2.24, 2.45) is 0 Å². The number of hydrogen-bond donors (Lipinski definition) is 1. The number of anilines is 1. The predicted molar refractivity (Wildman–Crippen MR) is 89.5 cm³/mol. The van der Waals surface area contributed by atoms with Gasteiger partial charge in [-0.05, 0) is 18.6 Å². The van der Waals surface area contributed by atoms with Crippen molar-refractivity contribution in [3.05, 3.63) is 12.1 Å². The van der Waals surface area contributed by atoms with Gasteiger partial charge >= 0.3 is 6.03 Å². The lowest BCUT2D eigenvalue weighted by molar-refractivity contribution is -0.0150. The fraction of sp³-hybridized carbons (Fsp3) is 0.500. The Morgan fingerprint density at radius 1 is 1.36 bits per heavy atom. The Hall–Kier alpha value is -2.13. The highest BCUT2D eigenvalue weighted by molar-refractivity contribution is 7.22. The van der Waals surface area contributed by atoms with Crippen LogP contribution in [0.1, 0.15) is 6.42 Å². The molecule has 4 heterocycles. The molecule has 132 valence electrons. The lowest BCUT2D eigenvalue weighted by atomic mass is 10.00. The molecule has 2 fully saturated rings. The summed E-state index contributed by atoms with van der Waals surface area (Å²) in [5.41, 5.74) is 0.697. The molecular weight excluding hydrogens is 349 g/mol. The number of carbonyl (C=O) groups excluding carboxylic acids is 1. The molecule has 7 nitrogen and oxygen atoms in total. The summed E-state index contributed by atoms with van der Waals surface area (Å²) in [4.78, 5) is 18.8. The molecule has 0 radical (unpaired) electrons. The molecule has 2 amide bonds. The van der Waals surface area contributed by atoms with Crippen molar-refractivity contribution >= 4 is 32.7 Å². The van der Waals surface area contributed by atoms with Gasteiger partial charge < -0.3 is 19.5 Å². The molecule has 3 aliphatic rings. The highest BCUT2D eigenvalue weighted by Crippen LogP contribution is 2.43. The van der Waals surface area contributed by atoms with Gasteiger partial charge in [0, 0.05) is 0 Å². The summed E-state index contributed by atoms with van der Waals surface area (Å²) < 4.78 is 30.7. The monoisotopic (exact) mass is 365 g/mol. The average Bonchev–Trinajstić information content (AvgIpc) is 3.20. The Morgan fingerprint density at radius 3 is 3.12 bits per heavy atom. The lowest BCUT2D eigenvalue weighted by Crippen LogP contribution is -2.47. The van der Waals surface area contributed by atoms with Crippen LogP contribution in [0.4, 0.5) is 14.3 Å². The van der Waals surface area contributed by atoms with Gasteiger partial charge in [0.15, 0.2) is 16.6 Å². The number of thiazole rings is 1. The molecule has 2 saturated heterocycles. The predicted octanol–water partition coefficient (Wildman–Crippen LogP) is 2.09. The highest BCUT2D eigenvalue weighted by Gasteiger charge is 2.45. The maximum atomic E-state index is 13.0. The minimum atomic E-state index is -0.552. The van der Waals surface area contributed by atoms with Gasteiger partial charge in [-0.1, -0.05) is 11.3 Å². The summed E-state index contributed by atoms with van der Waals surface area (Å²) in [5, 5.41) is 3.49. The fourth-order valence-corrected chi connectivity index (χ4v) is 4.60. The topological polar surface area (TPSA) is 72.9 Å². The van der Waals surface area contributed by atoms with E-state index in [0.717, 1.165) is 4.70 Å². The molecule has 3 atom stereocenters. The maximum Gasteiger partial charge on any atom is 0.324 e. The van der Waals surface area contributed by atoms with Crippen molar-refractivity contribution in [2.75, 3.05) is 31.4 Å². The molecule has 5 rings (SSSR count). The van der Waals surface area contributed by atoms with E-state index < -0.39 is 12.8 Å². The van der Waals surface area contributed by atoms with E-state index in [1.807, 2.05) is 12.1 Å². The van der Waals surface area contributed by atoms with Crippen molar-refractivity contribution in [3.63, 3.8) is 0 Å². The average molecular weight is 365 g/mol. The Morgan fingerprint density at radius 2 is 2.24 bits per heavy atom. The van der Waals surface area contributed by atoms with E-state index in [-0.39, 0.29) is 18.1 Å². The number of halogens is 1. The number of rotatable bonds is 2. The van der Waals surface area contributed by atoms with E-state index in [1.54, 1.807) is 4.90 Å². The zero-order valence-corrected chi connectivity index (χ0v) is 14.1. The van der Waals surface area contributed by atoms with Crippen LogP contribution in [0, 0.1) is 0 Å². The van der Waals surface area contributed by atoms with Crippen molar-refractivity contribution in [2.45, 2.75) is 24.6 Å². The van der Waals surface area contributed by atoms with Crippen LogP contribution < -0.4 is 19.7 Å². The van der Waals surface area contributed by atoms with Crippen molar-refractivity contribution < 1.29 is 23.4 Å². The second-order valence-electron chi connectivity index (χ2n) is 6.27. The number of amides is 2. The molecule has 0 bridgehead atoms. The number of ether oxygens (including phenoxy) is 3. The Kier molecular flexibility index (Phi) is 3.46. The number of benzene rings is 1. The first-order chi connectivity index (χ1) is 12.2. The second kappa shape index (κ2) is 5.70. The van der Waals surface area contributed by atoms with Crippen molar-refractivity contribution in [3.8, 4) is 11.5 Å². The Bertz CT molecular complexity index is 844. The van der Waals surface area contributed by atoms with Crippen LogP contribution in [0.2, 0.25) is 0 Å². The normalized spacial score (nSPS) is 28.1. The van der Waals surface area contributed by atoms with Crippen LogP contribution >= 0.6 is 11.3 Å². The first kappa shape index (κ1) is 15.2. The highest BCUT2D eigenvalue weighted by atomic mass is 32.1. The summed E-state index contributed by atoms with van der Waals surface area (Å²) in [6.07, 6.45) is -0.0246. The van der Waals surface area contributed by atoms with E-state index >= 15 is 0 Å². The number of urea groups is 1. The number of nitrogens with one attached hydrogen (secondary N) is 1. The zero-order valence-electron chi connectivity index (χ0n) is 13.2. The molecule has 1 N–H and O–H groups in total. The van der Waals surface area contributed by atoms with Gasteiger partial charge in [-0.2, -0.15) is 0 Å². The van der Waals surface area contributed by atoms with Crippen molar-refractivity contribution in [1.29, 1.82) is 0 Å². The fourth-order valence-electron chi connectivity index (χ4n) is 3.58. The van der Waals surface area contributed by atoms with Gasteiger partial charge in [-0.25, -0.2) is 14.2 Å². The molecule has 2 aromatic rings. The third kappa shape index (κ3) is 2.33. The van der Waals surface area contributed by atoms with E-state index in [1.165, 1.54) is 11.3 Å². The number of fused-ring (bicyclic) bond motifs is 4. The van der Waals surface area contributed by atoms with Gasteiger partial charge in [-0.15, -0.1) is 0 Å². The number of nitrogens with zero attached hydrogens (tertiary/aromatic N) is 2. The minimum absolute atomic E-state index is 0.143. The van der Waals surface area contributed by atoms with E-state index in [0.29, 0.717) is 48.4 Å². The smallest absolute Gasteiger partial charge is 0.324 e. The van der Waals surface area contributed by atoms with Crippen LogP contribution in [0.15, 0.2) is 12.1 Å². The van der Waals surface area contributed by atoms with Gasteiger partial charge in [0.05, 0.1) is 29.5 Å². The minimum Gasteiger partial charge on any atom is -0.486 e. The zero-order chi connectivity index (χ0) is 17.0. The summed E-state index contributed by atoms with van der Waals surface area (Å²) in [5.74, 6) is 1.29. The molecule has 0 unspecified atom stereocenters. The van der Waals surface area contributed by atoms with Crippen LogP contribution in [0.25, 0.3) is 10.2 Å². The quantitative estimate of drug-likeness (QED) is 0.882. The van der Waals surface area contributed by atoms with Gasteiger partial charge in [0.1, 0.15) is 25.4 Å². The van der Waals surface area contributed by atoms with Gasteiger partial charge in [0.25, 0.3) is 0 Å². The Labute approximate surface area is 146 Å². The molecular formula is C16H16FN3O4S. The molecule has 0 saturated carbocycles. The molecule has 0 aliphatic carbocycles. The number of aromatic nitrogens is 1. The summed E-state index contributed by atoms with van der Waals surface area (Å²) in [6, 6.07) is 3.26. The SMILES string of the molecule is O=C1N[C@H]2CO[C@@H](CF)C[C@H]2N1c1nc2c3c(ccc2s1)OCCO3. The third-order valence-corrected chi connectivity index (χ3v) is 5.79. The number of carbonyl (C=O) groups is 1. The van der Waals surface area contributed by atoms with Crippen LogP contribution in [-0.4, -0.2) is 55.7 Å². The van der Waals surface area contributed by atoms with Gasteiger partial charge in [-0.3, -0.25) is 4.90 Å². The maximum absolute atomic E-state index is 13.0.